The molecule has 3 heterocycles. The fourth-order valence-corrected chi connectivity index (χ4v) is 4.13. The van der Waals surface area contributed by atoms with E-state index in [9.17, 15) is 4.79 Å². The second-order valence-electron chi connectivity index (χ2n) is 7.71. The van der Waals surface area contributed by atoms with Crippen molar-refractivity contribution in [3.63, 3.8) is 0 Å². The van der Waals surface area contributed by atoms with Crippen molar-refractivity contribution < 1.29 is 14.3 Å². The summed E-state index contributed by atoms with van der Waals surface area (Å²) in [6.45, 7) is 3.90. The van der Waals surface area contributed by atoms with Crippen LogP contribution in [0.3, 0.4) is 0 Å². The third kappa shape index (κ3) is 3.93. The first kappa shape index (κ1) is 17.1. The highest BCUT2D eigenvalue weighted by atomic mass is 35.5. The van der Waals surface area contributed by atoms with Gasteiger partial charge in [0.2, 0.25) is 5.88 Å². The van der Waals surface area contributed by atoms with Crippen molar-refractivity contribution in [2.75, 3.05) is 32.9 Å². The summed E-state index contributed by atoms with van der Waals surface area (Å²) >= 11 is 6.28. The zero-order chi connectivity index (χ0) is 17.3. The molecule has 3 aliphatic rings. The van der Waals surface area contributed by atoms with Gasteiger partial charge < -0.3 is 14.4 Å². The van der Waals surface area contributed by atoms with Gasteiger partial charge in [-0.3, -0.25) is 4.79 Å². The molecule has 1 spiro atoms. The molecule has 0 bridgehead atoms. The van der Waals surface area contributed by atoms with E-state index >= 15 is 0 Å². The molecule has 2 aliphatic heterocycles. The third-order valence-electron chi connectivity index (χ3n) is 5.71. The quantitative estimate of drug-likeness (QED) is 0.819. The summed E-state index contributed by atoms with van der Waals surface area (Å²) in [5, 5.41) is 0.421. The highest BCUT2D eigenvalue weighted by Crippen LogP contribution is 2.39. The highest BCUT2D eigenvalue weighted by Gasteiger charge is 2.38. The van der Waals surface area contributed by atoms with Gasteiger partial charge in [-0.1, -0.05) is 11.6 Å². The van der Waals surface area contributed by atoms with Gasteiger partial charge in [0.05, 0.1) is 12.2 Å². The second-order valence-corrected chi connectivity index (χ2v) is 8.12. The van der Waals surface area contributed by atoms with Crippen LogP contribution in [0.1, 0.15) is 48.9 Å². The van der Waals surface area contributed by atoms with Crippen molar-refractivity contribution in [1.82, 2.24) is 9.88 Å². The smallest absolute Gasteiger partial charge is 0.255 e. The Morgan fingerprint density at radius 3 is 2.88 bits per heavy atom. The van der Waals surface area contributed by atoms with Gasteiger partial charge in [0.15, 0.2) is 0 Å². The maximum Gasteiger partial charge on any atom is 0.255 e. The first-order chi connectivity index (χ1) is 12.2. The lowest BCUT2D eigenvalue weighted by molar-refractivity contribution is -0.0229. The van der Waals surface area contributed by atoms with Crippen molar-refractivity contribution in [2.24, 2.45) is 11.3 Å². The van der Waals surface area contributed by atoms with Crippen molar-refractivity contribution in [3.8, 4) is 5.88 Å². The summed E-state index contributed by atoms with van der Waals surface area (Å²) < 4.78 is 11.2. The Balaban J connectivity index is 1.43. The van der Waals surface area contributed by atoms with E-state index in [1.807, 2.05) is 4.90 Å². The largest absolute Gasteiger partial charge is 0.476 e. The normalized spacial score (nSPS) is 22.8. The molecule has 1 amide bonds. The number of carbonyl (C=O) groups excluding carboxylic acids is 1. The molecule has 0 radical (unpaired) electrons. The van der Waals surface area contributed by atoms with Crippen LogP contribution in [0.15, 0.2) is 12.3 Å². The van der Waals surface area contributed by atoms with Gasteiger partial charge in [0, 0.05) is 32.5 Å². The fraction of sp³-hybridized carbons (Fsp3) is 0.684. The number of ether oxygens (including phenoxy) is 2. The molecule has 2 saturated heterocycles. The monoisotopic (exact) mass is 364 g/mol. The lowest BCUT2D eigenvalue weighted by atomic mass is 9.74. The van der Waals surface area contributed by atoms with E-state index in [0.717, 1.165) is 45.6 Å². The van der Waals surface area contributed by atoms with Crippen molar-refractivity contribution in [3.05, 3.63) is 22.8 Å². The van der Waals surface area contributed by atoms with E-state index in [1.54, 1.807) is 12.3 Å². The molecule has 0 unspecified atom stereocenters. The minimum atomic E-state index is 0.0220. The van der Waals surface area contributed by atoms with Crippen LogP contribution in [0, 0.1) is 11.3 Å². The summed E-state index contributed by atoms with van der Waals surface area (Å²) in [7, 11) is 0. The van der Waals surface area contributed by atoms with Crippen LogP contribution in [0.4, 0.5) is 0 Å². The average molecular weight is 365 g/mol. The van der Waals surface area contributed by atoms with Crippen LogP contribution in [0.2, 0.25) is 5.02 Å². The molecule has 0 N–H and O–H groups in total. The second kappa shape index (κ2) is 7.12. The van der Waals surface area contributed by atoms with Crippen molar-refractivity contribution in [1.29, 1.82) is 0 Å². The number of halogens is 1. The molecule has 3 fully saturated rings. The SMILES string of the molecule is O=C(c1cnc(OCC2CC2)c(Cl)c1)N1CCCC2(CCOCC2)C1. The van der Waals surface area contributed by atoms with E-state index in [0.29, 0.717) is 29.0 Å². The van der Waals surface area contributed by atoms with Gasteiger partial charge >= 0.3 is 0 Å². The number of amides is 1. The molecule has 1 saturated carbocycles. The van der Waals surface area contributed by atoms with Crippen LogP contribution in [-0.2, 0) is 4.74 Å². The van der Waals surface area contributed by atoms with Crippen molar-refractivity contribution in [2.45, 2.75) is 38.5 Å². The highest BCUT2D eigenvalue weighted by molar-refractivity contribution is 6.32. The molecule has 5 nitrogen and oxygen atoms in total. The predicted octanol–water partition coefficient (Wildman–Crippen LogP) is 3.56. The average Bonchev–Trinajstić information content (AvgIpc) is 3.45. The Morgan fingerprint density at radius 1 is 1.36 bits per heavy atom. The van der Waals surface area contributed by atoms with Crippen LogP contribution >= 0.6 is 11.6 Å². The number of pyridine rings is 1. The number of nitrogens with zero attached hydrogens (tertiary/aromatic N) is 2. The molecule has 1 aromatic rings. The van der Waals surface area contributed by atoms with Crippen LogP contribution in [0.25, 0.3) is 0 Å². The lowest BCUT2D eigenvalue weighted by Crippen LogP contribution is -2.48. The third-order valence-corrected chi connectivity index (χ3v) is 5.98. The number of aromatic nitrogens is 1. The maximum atomic E-state index is 12.9. The van der Waals surface area contributed by atoms with Gasteiger partial charge in [0.25, 0.3) is 5.91 Å². The number of rotatable bonds is 4. The minimum absolute atomic E-state index is 0.0220. The lowest BCUT2D eigenvalue weighted by Gasteiger charge is -2.45. The Morgan fingerprint density at radius 2 is 2.16 bits per heavy atom. The molecule has 1 aromatic heterocycles. The number of hydrogen-bond acceptors (Lipinski definition) is 4. The summed E-state index contributed by atoms with van der Waals surface area (Å²) in [5.74, 6) is 1.10. The van der Waals surface area contributed by atoms with Crippen LogP contribution < -0.4 is 4.74 Å². The standard InChI is InChI=1S/C19H25ClN2O3/c20-16-10-15(11-21-17(16)25-12-14-2-3-14)18(23)22-7-1-4-19(13-22)5-8-24-9-6-19/h10-11,14H,1-9,12-13H2. The van der Waals surface area contributed by atoms with Gasteiger partial charge in [-0.15, -0.1) is 0 Å². The van der Waals surface area contributed by atoms with E-state index in [2.05, 4.69) is 4.98 Å². The number of likely N-dealkylation sites (tertiary alicyclic amines) is 1. The zero-order valence-electron chi connectivity index (χ0n) is 14.5. The van der Waals surface area contributed by atoms with E-state index < -0.39 is 0 Å². The van der Waals surface area contributed by atoms with Crippen LogP contribution in [-0.4, -0.2) is 48.7 Å². The first-order valence-corrected chi connectivity index (χ1v) is 9.68. The molecule has 0 aromatic carbocycles. The number of hydrogen-bond donors (Lipinski definition) is 0. The Hall–Kier alpha value is -1.33. The number of carbonyl (C=O) groups is 1. The first-order valence-electron chi connectivity index (χ1n) is 9.31. The van der Waals surface area contributed by atoms with E-state index in [4.69, 9.17) is 21.1 Å². The Bertz CT molecular complexity index is 636. The molecule has 25 heavy (non-hydrogen) atoms. The molecular formula is C19H25ClN2O3. The minimum Gasteiger partial charge on any atom is -0.476 e. The molecular weight excluding hydrogens is 340 g/mol. The van der Waals surface area contributed by atoms with Gasteiger partial charge in [-0.25, -0.2) is 4.98 Å². The zero-order valence-corrected chi connectivity index (χ0v) is 15.3. The summed E-state index contributed by atoms with van der Waals surface area (Å²) in [5.41, 5.74) is 0.782. The topological polar surface area (TPSA) is 51.7 Å². The molecule has 4 rings (SSSR count). The van der Waals surface area contributed by atoms with Crippen LogP contribution in [0.5, 0.6) is 5.88 Å². The van der Waals surface area contributed by atoms with E-state index in [1.165, 1.54) is 19.3 Å². The summed E-state index contributed by atoms with van der Waals surface area (Å²) in [4.78, 5) is 19.2. The molecule has 0 atom stereocenters. The van der Waals surface area contributed by atoms with Gasteiger partial charge in [-0.2, -0.15) is 0 Å². The predicted molar refractivity (Wildman–Crippen MR) is 95.1 cm³/mol. The van der Waals surface area contributed by atoms with Crippen molar-refractivity contribution >= 4 is 17.5 Å². The molecule has 136 valence electrons. The number of piperidine rings is 1. The maximum absolute atomic E-state index is 12.9. The van der Waals surface area contributed by atoms with Gasteiger partial charge in [0.1, 0.15) is 5.02 Å². The van der Waals surface area contributed by atoms with Gasteiger partial charge in [-0.05, 0) is 55.9 Å². The Labute approximate surface area is 153 Å². The molecule has 6 heteroatoms. The fourth-order valence-electron chi connectivity index (χ4n) is 3.91. The summed E-state index contributed by atoms with van der Waals surface area (Å²) in [6.07, 6.45) is 8.36. The molecule has 1 aliphatic carbocycles. The Kier molecular flexibility index (Phi) is 4.87. The van der Waals surface area contributed by atoms with E-state index in [-0.39, 0.29) is 11.3 Å². The summed E-state index contributed by atoms with van der Waals surface area (Å²) in [6, 6.07) is 1.70.